The molecule has 2 N–H and O–H groups in total. The van der Waals surface area contributed by atoms with E-state index in [0.29, 0.717) is 16.6 Å². The Morgan fingerprint density at radius 3 is 2.53 bits per heavy atom. The van der Waals surface area contributed by atoms with Crippen molar-refractivity contribution in [2.75, 3.05) is 18.5 Å². The number of aromatic nitrogens is 1. The Kier molecular flexibility index (Phi) is 6.88. The van der Waals surface area contributed by atoms with Gasteiger partial charge in [-0.25, -0.2) is 18.6 Å². The van der Waals surface area contributed by atoms with Gasteiger partial charge in [-0.05, 0) is 35.7 Å². The summed E-state index contributed by atoms with van der Waals surface area (Å²) in [6.45, 7) is -1.06. The summed E-state index contributed by atoms with van der Waals surface area (Å²) in [6, 6.07) is 15.3. The fraction of sp³-hybridized carbons (Fsp3) is 0.0833. The van der Waals surface area contributed by atoms with Crippen LogP contribution < -0.4 is 10.6 Å². The zero-order valence-corrected chi connectivity index (χ0v) is 18.3. The number of anilines is 1. The van der Waals surface area contributed by atoms with E-state index in [-0.39, 0.29) is 11.3 Å². The van der Waals surface area contributed by atoms with Crippen molar-refractivity contribution in [2.45, 2.75) is 0 Å². The molecule has 4 aromatic rings. The number of pyridine rings is 1. The summed E-state index contributed by atoms with van der Waals surface area (Å²) in [5, 5.41) is 7.10. The van der Waals surface area contributed by atoms with E-state index < -0.39 is 42.6 Å². The van der Waals surface area contributed by atoms with Crippen LogP contribution in [0, 0.1) is 11.6 Å². The summed E-state index contributed by atoms with van der Waals surface area (Å²) in [4.78, 5) is 42.2. The molecule has 0 fully saturated rings. The van der Waals surface area contributed by atoms with E-state index >= 15 is 0 Å². The number of hydrogen-bond donors (Lipinski definition) is 2. The number of para-hydroxylation sites is 1. The molecule has 7 nitrogen and oxygen atoms in total. The van der Waals surface area contributed by atoms with Crippen molar-refractivity contribution in [3.63, 3.8) is 0 Å². The van der Waals surface area contributed by atoms with Crippen LogP contribution in [0.3, 0.4) is 0 Å². The highest BCUT2D eigenvalue weighted by atomic mass is 32.1. The fourth-order valence-electron chi connectivity index (χ4n) is 3.11. The molecular weight excluding hydrogens is 464 g/mol. The van der Waals surface area contributed by atoms with Gasteiger partial charge in [-0.1, -0.05) is 24.3 Å². The Bertz CT molecular complexity index is 1380. The Balaban J connectivity index is 1.36. The molecule has 0 aliphatic carbocycles. The van der Waals surface area contributed by atoms with Crippen molar-refractivity contribution < 1.29 is 27.9 Å². The topological polar surface area (TPSA) is 97.4 Å². The summed E-state index contributed by atoms with van der Waals surface area (Å²) in [5.41, 5.74) is 1.52. The number of carbonyl (C=O) groups excluding carboxylic acids is 3. The molecule has 0 unspecified atom stereocenters. The number of thiophene rings is 1. The van der Waals surface area contributed by atoms with Gasteiger partial charge in [-0.3, -0.25) is 9.59 Å². The van der Waals surface area contributed by atoms with Crippen LogP contribution in [-0.2, 0) is 14.3 Å². The van der Waals surface area contributed by atoms with Gasteiger partial charge in [0.2, 0.25) is 5.91 Å². The van der Waals surface area contributed by atoms with Crippen LogP contribution in [0.15, 0.2) is 66.0 Å². The van der Waals surface area contributed by atoms with Gasteiger partial charge in [0.05, 0.1) is 28.2 Å². The Hall–Kier alpha value is -4.18. The van der Waals surface area contributed by atoms with E-state index in [0.717, 1.165) is 17.0 Å². The number of nitrogens with one attached hydrogen (secondary N) is 2. The molecule has 2 heterocycles. The van der Waals surface area contributed by atoms with Crippen molar-refractivity contribution >= 4 is 45.7 Å². The third kappa shape index (κ3) is 5.41. The van der Waals surface area contributed by atoms with Crippen molar-refractivity contribution in [2.24, 2.45) is 0 Å². The summed E-state index contributed by atoms with van der Waals surface area (Å²) in [5.74, 6) is -4.23. The van der Waals surface area contributed by atoms with E-state index in [1.807, 2.05) is 23.6 Å². The number of nitrogens with zero attached hydrogens (tertiary/aromatic N) is 1. The minimum absolute atomic E-state index is 0.0377. The van der Waals surface area contributed by atoms with Crippen LogP contribution >= 0.6 is 11.3 Å². The van der Waals surface area contributed by atoms with E-state index in [1.54, 1.807) is 24.3 Å². The van der Waals surface area contributed by atoms with E-state index in [1.165, 1.54) is 17.4 Å². The lowest BCUT2D eigenvalue weighted by Crippen LogP contribution is -2.35. The summed E-state index contributed by atoms with van der Waals surface area (Å²) < 4.78 is 31.3. The van der Waals surface area contributed by atoms with Crippen LogP contribution in [0.2, 0.25) is 0 Å². The lowest BCUT2D eigenvalue weighted by atomic mass is 10.1. The van der Waals surface area contributed by atoms with Crippen molar-refractivity contribution in [3.8, 4) is 10.6 Å². The van der Waals surface area contributed by atoms with E-state index in [9.17, 15) is 23.2 Å². The van der Waals surface area contributed by atoms with Gasteiger partial charge in [0.1, 0.15) is 0 Å². The highest BCUT2D eigenvalue weighted by Gasteiger charge is 2.17. The number of hydrogen-bond acceptors (Lipinski definition) is 6. The molecule has 0 saturated carbocycles. The van der Waals surface area contributed by atoms with Crippen molar-refractivity contribution in [1.29, 1.82) is 0 Å². The maximum absolute atomic E-state index is 13.2. The lowest BCUT2D eigenvalue weighted by Gasteiger charge is -2.10. The monoisotopic (exact) mass is 481 g/mol. The van der Waals surface area contributed by atoms with Crippen LogP contribution in [0.5, 0.6) is 0 Å². The molecular formula is C24H17F2N3O4S. The number of halogens is 2. The molecule has 2 aromatic carbocycles. The minimum atomic E-state index is -1.11. The predicted octanol–water partition coefficient (Wildman–Crippen LogP) is 4.15. The first-order valence-corrected chi connectivity index (χ1v) is 10.9. The number of ether oxygens (including phenoxy) is 1. The molecule has 34 heavy (non-hydrogen) atoms. The number of fused-ring (bicyclic) bond motifs is 1. The molecule has 0 saturated heterocycles. The summed E-state index contributed by atoms with van der Waals surface area (Å²) >= 11 is 1.48. The molecule has 0 radical (unpaired) electrons. The second-order valence-corrected chi connectivity index (χ2v) is 8.03. The Morgan fingerprint density at radius 1 is 0.941 bits per heavy atom. The Morgan fingerprint density at radius 2 is 1.76 bits per heavy atom. The maximum atomic E-state index is 13.2. The highest BCUT2D eigenvalue weighted by molar-refractivity contribution is 7.13. The average molecular weight is 481 g/mol. The average Bonchev–Trinajstić information content (AvgIpc) is 3.38. The molecule has 172 valence electrons. The Labute approximate surface area is 196 Å². The van der Waals surface area contributed by atoms with Gasteiger partial charge in [0.15, 0.2) is 18.2 Å². The van der Waals surface area contributed by atoms with Crippen molar-refractivity contribution in [1.82, 2.24) is 10.3 Å². The molecule has 0 bridgehead atoms. The first-order chi connectivity index (χ1) is 16.4. The fourth-order valence-corrected chi connectivity index (χ4v) is 3.80. The number of rotatable bonds is 7. The third-order valence-corrected chi connectivity index (χ3v) is 5.59. The molecule has 0 atom stereocenters. The second-order valence-electron chi connectivity index (χ2n) is 7.08. The summed E-state index contributed by atoms with van der Waals surface area (Å²) in [6.07, 6.45) is 0. The minimum Gasteiger partial charge on any atom is -0.452 e. The smallest absolute Gasteiger partial charge is 0.339 e. The molecule has 2 aromatic heterocycles. The molecule has 2 amide bonds. The second kappa shape index (κ2) is 10.2. The summed E-state index contributed by atoms with van der Waals surface area (Å²) in [7, 11) is 0. The van der Waals surface area contributed by atoms with Crippen LogP contribution in [0.4, 0.5) is 14.5 Å². The van der Waals surface area contributed by atoms with Gasteiger partial charge in [0, 0.05) is 17.1 Å². The van der Waals surface area contributed by atoms with Crippen molar-refractivity contribution in [3.05, 3.63) is 83.2 Å². The highest BCUT2D eigenvalue weighted by Crippen LogP contribution is 2.28. The number of benzene rings is 2. The molecule has 0 aliphatic rings. The van der Waals surface area contributed by atoms with Gasteiger partial charge in [0.25, 0.3) is 5.91 Å². The maximum Gasteiger partial charge on any atom is 0.339 e. The van der Waals surface area contributed by atoms with Gasteiger partial charge in [-0.15, -0.1) is 11.3 Å². The first kappa shape index (κ1) is 23.0. The largest absolute Gasteiger partial charge is 0.452 e. The number of carbonyl (C=O) groups is 3. The van der Waals surface area contributed by atoms with E-state index in [2.05, 4.69) is 15.6 Å². The number of amides is 2. The molecule has 0 aliphatic heterocycles. The first-order valence-electron chi connectivity index (χ1n) is 10.0. The molecule has 4 rings (SSSR count). The van der Waals surface area contributed by atoms with Crippen LogP contribution in [-0.4, -0.2) is 35.9 Å². The van der Waals surface area contributed by atoms with Gasteiger partial charge >= 0.3 is 5.97 Å². The van der Waals surface area contributed by atoms with Crippen LogP contribution in [0.25, 0.3) is 21.5 Å². The SMILES string of the molecule is O=C(COC(=O)c1cc(-c2cccs2)nc2ccccc12)NCC(=O)Nc1ccc(F)c(F)c1. The number of esters is 1. The third-order valence-electron chi connectivity index (χ3n) is 4.69. The quantitative estimate of drug-likeness (QED) is 0.387. The van der Waals surface area contributed by atoms with Gasteiger partial charge in [-0.2, -0.15) is 0 Å². The van der Waals surface area contributed by atoms with Crippen LogP contribution in [0.1, 0.15) is 10.4 Å². The lowest BCUT2D eigenvalue weighted by molar-refractivity contribution is -0.126. The standard InChI is InChI=1S/C24H17F2N3O4S/c25-17-8-7-14(10-18(17)26)28-22(30)12-27-23(31)13-33-24(32)16-11-20(21-6-3-9-34-21)29-19-5-2-1-4-15(16)19/h1-11H,12-13H2,(H,27,31)(H,28,30). The van der Waals surface area contributed by atoms with Gasteiger partial charge < -0.3 is 15.4 Å². The van der Waals surface area contributed by atoms with E-state index in [4.69, 9.17) is 4.74 Å². The zero-order chi connectivity index (χ0) is 24.1. The molecule has 10 heteroatoms. The predicted molar refractivity (Wildman–Crippen MR) is 123 cm³/mol. The molecule has 0 spiro atoms. The zero-order valence-electron chi connectivity index (χ0n) is 17.5. The normalized spacial score (nSPS) is 10.6.